The van der Waals surface area contributed by atoms with Crippen molar-refractivity contribution in [1.82, 2.24) is 4.98 Å². The average molecular weight is 524 g/mol. The molecule has 0 radical (unpaired) electrons. The van der Waals surface area contributed by atoms with E-state index < -0.39 is 0 Å². The Hall–Kier alpha value is -1.97. The number of aryl methyl sites for hydroxylation is 2. The number of benzene rings is 2. The molecule has 3 aromatic rings. The molecule has 0 amide bonds. The Morgan fingerprint density at radius 3 is 1.85 bits per heavy atom. The Bertz CT molecular complexity index is 1130. The fourth-order valence-corrected chi connectivity index (χ4v) is 3.55. The summed E-state index contributed by atoms with van der Waals surface area (Å²) in [5.41, 5.74) is 9.16. The van der Waals surface area contributed by atoms with Crippen molar-refractivity contribution in [3.05, 3.63) is 88.7 Å². The van der Waals surface area contributed by atoms with Gasteiger partial charge in [-0.25, -0.2) is 4.98 Å². The van der Waals surface area contributed by atoms with Gasteiger partial charge in [-0.3, -0.25) is 9.98 Å². The molecule has 0 aliphatic heterocycles. The first-order valence-corrected chi connectivity index (χ1v) is 13.7. The molecule has 0 aliphatic rings. The van der Waals surface area contributed by atoms with Gasteiger partial charge in [-0.2, -0.15) is 0 Å². The van der Waals surface area contributed by atoms with E-state index in [9.17, 15) is 0 Å². The Morgan fingerprint density at radius 1 is 0.788 bits per heavy atom. The zero-order chi connectivity index (χ0) is 24.6. The van der Waals surface area contributed by atoms with Crippen molar-refractivity contribution in [2.75, 3.05) is 0 Å². The Kier molecular flexibility index (Phi) is 10.3. The topological polar surface area (TPSA) is 37.6 Å². The summed E-state index contributed by atoms with van der Waals surface area (Å²) in [4.78, 5) is 14.6. The van der Waals surface area contributed by atoms with Crippen LogP contribution in [0.1, 0.15) is 62.7 Å². The zero-order valence-electron chi connectivity index (χ0n) is 20.2. The van der Waals surface area contributed by atoms with E-state index in [-0.39, 0.29) is 18.5 Å². The van der Waals surface area contributed by atoms with Gasteiger partial charge in [0, 0.05) is 0 Å². The molecule has 0 bridgehead atoms. The summed E-state index contributed by atoms with van der Waals surface area (Å²) in [5, 5.41) is 0. The minimum atomic E-state index is 0.0326. The first kappa shape index (κ1) is 27.3. The zero-order valence-corrected chi connectivity index (χ0v) is 22.8. The maximum atomic E-state index is 4.92. The Balaban J connectivity index is 0.00000122. The number of hydrogen-bond acceptors (Lipinski definition) is 3. The molecule has 3 rings (SSSR count). The van der Waals surface area contributed by atoms with Crippen molar-refractivity contribution in [1.29, 1.82) is 0 Å². The third-order valence-electron chi connectivity index (χ3n) is 4.99. The van der Waals surface area contributed by atoms with Gasteiger partial charge < -0.3 is 0 Å². The van der Waals surface area contributed by atoms with Crippen molar-refractivity contribution in [3.8, 4) is 0 Å². The van der Waals surface area contributed by atoms with Crippen LogP contribution in [0.2, 0.25) is 0 Å². The van der Waals surface area contributed by atoms with Crippen molar-refractivity contribution in [2.45, 2.75) is 53.9 Å². The molecule has 1 heterocycles. The minimum absolute atomic E-state index is 0.0326. The van der Waals surface area contributed by atoms with Crippen molar-refractivity contribution >= 4 is 43.0 Å². The average Bonchev–Trinajstić information content (AvgIpc) is 2.73. The number of rotatable bonds is 4. The third kappa shape index (κ3) is 8.39. The van der Waals surface area contributed by atoms with Gasteiger partial charge in [-0.05, 0) is 80.1 Å². The van der Waals surface area contributed by atoms with Crippen molar-refractivity contribution < 1.29 is 13.1 Å². The third-order valence-corrected chi connectivity index (χ3v) is 4.99. The molecule has 0 atom stereocenters. The predicted octanol–water partition coefficient (Wildman–Crippen LogP) is 8.65. The van der Waals surface area contributed by atoms with Crippen LogP contribution in [0.4, 0.5) is 11.4 Å². The van der Waals surface area contributed by atoms with Gasteiger partial charge in [0.05, 0.1) is 34.2 Å². The summed E-state index contributed by atoms with van der Waals surface area (Å²) in [6, 6.07) is 20.7. The van der Waals surface area contributed by atoms with Crippen LogP contribution in [-0.2, 0) is 18.5 Å². The summed E-state index contributed by atoms with van der Waals surface area (Å²) in [7, 11) is 9.53. The first-order chi connectivity index (χ1) is 15.5. The fourth-order valence-electron chi connectivity index (χ4n) is 3.55. The molecule has 0 spiro atoms. The number of hydrogen-bond donors (Lipinski definition) is 0. The van der Waals surface area contributed by atoms with Crippen LogP contribution in [0, 0.1) is 13.8 Å². The van der Waals surface area contributed by atoms with Crippen LogP contribution in [-0.4, -0.2) is 16.4 Å². The predicted molar refractivity (Wildman–Crippen MR) is 141 cm³/mol. The van der Waals surface area contributed by atoms with Gasteiger partial charge in [0.25, 0.3) is 0 Å². The first-order valence-electron chi connectivity index (χ1n) is 10.7. The molecular weight excluding hydrogens is 493 g/mol. The van der Waals surface area contributed by atoms with E-state index in [4.69, 9.17) is 35.2 Å². The van der Waals surface area contributed by atoms with Crippen LogP contribution < -0.4 is 0 Å². The van der Waals surface area contributed by atoms with E-state index in [1.165, 1.54) is 16.7 Å². The molecule has 0 unspecified atom stereocenters. The van der Waals surface area contributed by atoms with Crippen LogP contribution in [0.5, 0.6) is 0 Å². The maximum absolute atomic E-state index is 4.92. The molecular formula is C27H31Cl2FeN3. The Morgan fingerprint density at radius 2 is 1.30 bits per heavy atom. The molecule has 1 aromatic heterocycles. The number of aromatic nitrogens is 1. The summed E-state index contributed by atoms with van der Waals surface area (Å²) >= 11 is 0.194. The second-order valence-corrected chi connectivity index (χ2v) is 10.8. The fraction of sp³-hybridized carbons (Fsp3) is 0.296. The molecule has 0 N–H and O–H groups in total. The van der Waals surface area contributed by atoms with Crippen LogP contribution in [0.3, 0.4) is 0 Å². The number of nitrogens with zero attached hydrogens (tertiary/aromatic N) is 3. The second-order valence-electron chi connectivity index (χ2n) is 8.97. The van der Waals surface area contributed by atoms with Crippen molar-refractivity contribution in [2.24, 2.45) is 9.98 Å². The molecule has 0 aliphatic carbocycles. The van der Waals surface area contributed by atoms with Gasteiger partial charge in [-0.1, -0.05) is 51.1 Å². The van der Waals surface area contributed by atoms with E-state index in [0.717, 1.165) is 34.2 Å². The van der Waals surface area contributed by atoms with Crippen LogP contribution in [0.25, 0.3) is 0 Å². The van der Waals surface area contributed by atoms with Gasteiger partial charge in [-0.15, -0.1) is 0 Å². The molecule has 6 heteroatoms. The molecule has 33 heavy (non-hydrogen) atoms. The molecule has 0 saturated carbocycles. The summed E-state index contributed by atoms with van der Waals surface area (Å²) in [6.45, 7) is 14.8. The van der Waals surface area contributed by atoms with Gasteiger partial charge in [0.1, 0.15) is 0 Å². The second kappa shape index (κ2) is 12.5. The van der Waals surface area contributed by atoms with E-state index in [1.807, 2.05) is 38.1 Å². The molecule has 0 fully saturated rings. The van der Waals surface area contributed by atoms with E-state index >= 15 is 0 Å². The number of para-hydroxylation sites is 1. The van der Waals surface area contributed by atoms with Crippen molar-refractivity contribution in [3.63, 3.8) is 0 Å². The number of aliphatic imine (C=N–C) groups is 2. The molecule has 0 saturated heterocycles. The van der Waals surface area contributed by atoms with E-state index in [1.54, 1.807) is 0 Å². The summed E-state index contributed by atoms with van der Waals surface area (Å²) < 4.78 is 0. The van der Waals surface area contributed by atoms with E-state index in [2.05, 4.69) is 71.0 Å². The molecule has 3 nitrogen and oxygen atoms in total. The van der Waals surface area contributed by atoms with E-state index in [0.29, 0.717) is 0 Å². The SMILES string of the molecule is CC(=Nc1cc(C)cc(C)c1)c1cccc(C(C)=Nc2ccccc2C(C)(C)C)n1.[Cl][Fe][Cl]. The normalized spacial score (nSPS) is 12.4. The number of pyridine rings is 1. The molecule has 2 aromatic carbocycles. The monoisotopic (exact) mass is 523 g/mol. The Labute approximate surface area is 213 Å². The van der Waals surface area contributed by atoms with Crippen LogP contribution in [0.15, 0.2) is 70.6 Å². The van der Waals surface area contributed by atoms with Gasteiger partial charge >= 0.3 is 33.3 Å². The summed E-state index contributed by atoms with van der Waals surface area (Å²) in [5.74, 6) is 0. The quantitative estimate of drug-likeness (QED) is 0.249. The van der Waals surface area contributed by atoms with Gasteiger partial charge in [0.15, 0.2) is 0 Å². The standard InChI is InChI=1S/C27H31N3.2ClH.Fe/c1-18-15-19(2)17-22(16-18)28-20(3)24-13-10-14-25(30-24)21(4)29-26-12-9-8-11-23(26)27(5,6)7;;;/h8-17H,1-7H3;2*1H;/q;;;+2/p-2. The molecule has 176 valence electrons. The van der Waals surface area contributed by atoms with Crippen LogP contribution >= 0.6 is 20.2 Å². The van der Waals surface area contributed by atoms with Gasteiger partial charge in [0.2, 0.25) is 0 Å². The number of halogens is 2. The summed E-state index contributed by atoms with van der Waals surface area (Å²) in [6.07, 6.45) is 0.